The molecule has 88 valence electrons. The van der Waals surface area contributed by atoms with Gasteiger partial charge in [0.15, 0.2) is 0 Å². The summed E-state index contributed by atoms with van der Waals surface area (Å²) in [5, 5.41) is 10.7. The summed E-state index contributed by atoms with van der Waals surface area (Å²) in [6, 6.07) is 1.97. The molecular weight excluding hydrogens is 200 g/mol. The van der Waals surface area contributed by atoms with Crippen molar-refractivity contribution in [2.24, 2.45) is 0 Å². The largest absolute Gasteiger partial charge is 0.385 e. The molecule has 1 aliphatic heterocycles. The van der Waals surface area contributed by atoms with Crippen LogP contribution in [0, 0.1) is 6.92 Å². The smallest absolute Gasteiger partial charge is 0.0938 e. The topological polar surface area (TPSA) is 36.4 Å². The first-order valence-corrected chi connectivity index (χ1v) is 6.01. The summed E-state index contributed by atoms with van der Waals surface area (Å²) in [5.74, 6) is 0. The molecule has 1 saturated heterocycles. The Morgan fingerprint density at radius 1 is 1.44 bits per heavy atom. The lowest BCUT2D eigenvalue weighted by atomic mass is 9.83. The molecule has 0 bridgehead atoms. The Hall–Kier alpha value is -0.930. The third-order valence-electron chi connectivity index (χ3n) is 3.67. The number of nitrogens with zero attached hydrogens (tertiary/aromatic N) is 2. The lowest BCUT2D eigenvalue weighted by Gasteiger charge is -2.38. The van der Waals surface area contributed by atoms with Crippen LogP contribution in [0.5, 0.6) is 0 Å². The van der Waals surface area contributed by atoms with Gasteiger partial charge in [-0.1, -0.05) is 6.92 Å². The summed E-state index contributed by atoms with van der Waals surface area (Å²) < 4.78 is 0. The molecule has 0 atom stereocenters. The van der Waals surface area contributed by atoms with Crippen molar-refractivity contribution in [3.8, 4) is 0 Å². The molecule has 1 aromatic rings. The Labute approximate surface area is 97.1 Å². The zero-order valence-corrected chi connectivity index (χ0v) is 10.1. The van der Waals surface area contributed by atoms with Crippen LogP contribution in [0.15, 0.2) is 18.5 Å². The molecule has 1 aliphatic rings. The second-order valence-corrected chi connectivity index (χ2v) is 4.66. The molecule has 1 aromatic heterocycles. The van der Waals surface area contributed by atoms with Crippen LogP contribution in [0.4, 0.5) is 0 Å². The van der Waals surface area contributed by atoms with Crippen LogP contribution in [0.25, 0.3) is 0 Å². The van der Waals surface area contributed by atoms with Crippen LogP contribution in [-0.4, -0.2) is 34.6 Å². The molecule has 2 rings (SSSR count). The molecule has 2 heterocycles. The number of aryl methyl sites for hydroxylation is 1. The molecule has 0 saturated carbocycles. The van der Waals surface area contributed by atoms with Gasteiger partial charge in [-0.05, 0) is 37.9 Å². The molecule has 0 amide bonds. The molecule has 0 unspecified atom stereocenters. The van der Waals surface area contributed by atoms with Gasteiger partial charge in [-0.25, -0.2) is 0 Å². The Kier molecular flexibility index (Phi) is 3.26. The zero-order chi connectivity index (χ0) is 11.6. The van der Waals surface area contributed by atoms with E-state index in [9.17, 15) is 5.11 Å². The quantitative estimate of drug-likeness (QED) is 0.824. The van der Waals surface area contributed by atoms with E-state index in [1.165, 1.54) is 0 Å². The van der Waals surface area contributed by atoms with Gasteiger partial charge in [0.05, 0.1) is 5.60 Å². The standard InChI is InChI=1S/C13H20N2O/c1-3-15-8-5-13(16,6-9-15)12-10-14-7-4-11(12)2/h4,7,10,16H,3,5-6,8-9H2,1-2H3. The third kappa shape index (κ3) is 2.11. The fourth-order valence-corrected chi connectivity index (χ4v) is 2.46. The first-order chi connectivity index (χ1) is 7.65. The fourth-order valence-electron chi connectivity index (χ4n) is 2.46. The molecule has 3 nitrogen and oxygen atoms in total. The second kappa shape index (κ2) is 4.52. The second-order valence-electron chi connectivity index (χ2n) is 4.66. The van der Waals surface area contributed by atoms with Crippen LogP contribution >= 0.6 is 0 Å². The average molecular weight is 220 g/mol. The van der Waals surface area contributed by atoms with Gasteiger partial charge in [0.2, 0.25) is 0 Å². The van der Waals surface area contributed by atoms with Crippen molar-refractivity contribution < 1.29 is 5.11 Å². The highest BCUT2D eigenvalue weighted by atomic mass is 16.3. The van der Waals surface area contributed by atoms with Gasteiger partial charge in [-0.3, -0.25) is 4.98 Å². The van der Waals surface area contributed by atoms with Crippen molar-refractivity contribution in [3.05, 3.63) is 29.6 Å². The summed E-state index contributed by atoms with van der Waals surface area (Å²) >= 11 is 0. The van der Waals surface area contributed by atoms with Gasteiger partial charge in [0, 0.05) is 31.0 Å². The van der Waals surface area contributed by atoms with E-state index < -0.39 is 5.60 Å². The summed E-state index contributed by atoms with van der Waals surface area (Å²) in [5.41, 5.74) is 1.48. The van der Waals surface area contributed by atoms with E-state index in [1.54, 1.807) is 6.20 Å². The predicted octanol–water partition coefficient (Wildman–Crippen LogP) is 1.69. The molecular formula is C13H20N2O. The molecule has 0 aromatic carbocycles. The van der Waals surface area contributed by atoms with Crippen molar-refractivity contribution in [2.45, 2.75) is 32.3 Å². The third-order valence-corrected chi connectivity index (χ3v) is 3.67. The summed E-state index contributed by atoms with van der Waals surface area (Å²) in [7, 11) is 0. The normalized spacial score (nSPS) is 20.9. The summed E-state index contributed by atoms with van der Waals surface area (Å²) in [6.07, 6.45) is 5.22. The van der Waals surface area contributed by atoms with E-state index in [1.807, 2.05) is 19.2 Å². The van der Waals surface area contributed by atoms with Crippen molar-refractivity contribution in [2.75, 3.05) is 19.6 Å². The van der Waals surface area contributed by atoms with E-state index in [0.717, 1.165) is 43.6 Å². The minimum absolute atomic E-state index is 0.663. The minimum Gasteiger partial charge on any atom is -0.385 e. The number of piperidine rings is 1. The first-order valence-electron chi connectivity index (χ1n) is 6.01. The molecule has 16 heavy (non-hydrogen) atoms. The number of likely N-dealkylation sites (tertiary alicyclic amines) is 1. The Morgan fingerprint density at radius 3 is 2.69 bits per heavy atom. The number of aliphatic hydroxyl groups is 1. The molecule has 0 aliphatic carbocycles. The number of hydrogen-bond acceptors (Lipinski definition) is 3. The maximum Gasteiger partial charge on any atom is 0.0938 e. The van der Waals surface area contributed by atoms with E-state index in [2.05, 4.69) is 16.8 Å². The molecule has 0 spiro atoms. The Morgan fingerprint density at radius 2 is 2.12 bits per heavy atom. The maximum absolute atomic E-state index is 10.7. The van der Waals surface area contributed by atoms with Crippen LogP contribution in [0.2, 0.25) is 0 Å². The summed E-state index contributed by atoms with van der Waals surface area (Å²) in [4.78, 5) is 6.51. The summed E-state index contributed by atoms with van der Waals surface area (Å²) in [6.45, 7) is 7.23. The van der Waals surface area contributed by atoms with Crippen molar-refractivity contribution in [3.63, 3.8) is 0 Å². The number of pyridine rings is 1. The lowest BCUT2D eigenvalue weighted by Crippen LogP contribution is -2.42. The molecule has 1 fully saturated rings. The van der Waals surface area contributed by atoms with E-state index in [-0.39, 0.29) is 0 Å². The average Bonchev–Trinajstić information content (AvgIpc) is 2.30. The van der Waals surface area contributed by atoms with Crippen molar-refractivity contribution in [1.82, 2.24) is 9.88 Å². The van der Waals surface area contributed by atoms with Crippen molar-refractivity contribution in [1.29, 1.82) is 0 Å². The van der Waals surface area contributed by atoms with Gasteiger partial charge in [0.1, 0.15) is 0 Å². The fraction of sp³-hybridized carbons (Fsp3) is 0.615. The highest BCUT2D eigenvalue weighted by molar-refractivity contribution is 5.28. The van der Waals surface area contributed by atoms with Crippen molar-refractivity contribution >= 4 is 0 Å². The van der Waals surface area contributed by atoms with Gasteiger partial charge < -0.3 is 10.0 Å². The Bertz CT molecular complexity index is 357. The van der Waals surface area contributed by atoms with Gasteiger partial charge >= 0.3 is 0 Å². The Balaban J connectivity index is 2.18. The van der Waals surface area contributed by atoms with Gasteiger partial charge in [0.25, 0.3) is 0 Å². The van der Waals surface area contributed by atoms with Crippen LogP contribution in [-0.2, 0) is 5.60 Å². The number of rotatable bonds is 2. The zero-order valence-electron chi connectivity index (χ0n) is 10.1. The number of aromatic nitrogens is 1. The van der Waals surface area contributed by atoms with Gasteiger partial charge in [-0.2, -0.15) is 0 Å². The van der Waals surface area contributed by atoms with Gasteiger partial charge in [-0.15, -0.1) is 0 Å². The molecule has 3 heteroatoms. The lowest BCUT2D eigenvalue weighted by molar-refractivity contribution is -0.0254. The molecule has 0 radical (unpaired) electrons. The monoisotopic (exact) mass is 220 g/mol. The molecule has 1 N–H and O–H groups in total. The first kappa shape index (κ1) is 11.6. The number of hydrogen-bond donors (Lipinski definition) is 1. The minimum atomic E-state index is -0.663. The highest BCUT2D eigenvalue weighted by Gasteiger charge is 2.34. The van der Waals surface area contributed by atoms with E-state index >= 15 is 0 Å². The maximum atomic E-state index is 10.7. The predicted molar refractivity (Wildman–Crippen MR) is 64.2 cm³/mol. The van der Waals surface area contributed by atoms with E-state index in [4.69, 9.17) is 0 Å². The van der Waals surface area contributed by atoms with E-state index in [0.29, 0.717) is 0 Å². The van der Waals surface area contributed by atoms with Crippen LogP contribution in [0.1, 0.15) is 30.9 Å². The van der Waals surface area contributed by atoms with Crippen LogP contribution < -0.4 is 0 Å². The van der Waals surface area contributed by atoms with Crippen LogP contribution in [0.3, 0.4) is 0 Å². The SMILES string of the molecule is CCN1CCC(O)(c2cnccc2C)CC1. The highest BCUT2D eigenvalue weighted by Crippen LogP contribution is 2.33.